The van der Waals surface area contributed by atoms with E-state index in [1.165, 1.54) is 22.3 Å². The van der Waals surface area contributed by atoms with Crippen LogP contribution in [0.15, 0.2) is 84.9 Å². The molecule has 0 amide bonds. The van der Waals surface area contributed by atoms with Gasteiger partial charge < -0.3 is 0 Å². The maximum absolute atomic E-state index is 5.14. The third kappa shape index (κ3) is 6.68. The predicted molar refractivity (Wildman–Crippen MR) is 103 cm³/mol. The topological polar surface area (TPSA) is 0 Å². The zero-order valence-corrected chi connectivity index (χ0v) is 18.2. The molecule has 0 fully saturated rings. The molecule has 120 valence electrons. The van der Waals surface area contributed by atoms with Crippen molar-refractivity contribution in [2.75, 3.05) is 0 Å². The number of fused-ring (bicyclic) bond motifs is 2. The minimum atomic E-state index is -1.96. The van der Waals surface area contributed by atoms with Crippen LogP contribution in [0.25, 0.3) is 22.3 Å². The molecule has 24 heavy (non-hydrogen) atoms. The summed E-state index contributed by atoms with van der Waals surface area (Å²) < 4.78 is 3.38. The van der Waals surface area contributed by atoms with Crippen LogP contribution < -0.4 is 0 Å². The van der Waals surface area contributed by atoms with Crippen molar-refractivity contribution < 1.29 is 18.6 Å². The first kappa shape index (κ1) is 19.1. The van der Waals surface area contributed by atoms with Gasteiger partial charge in [-0.15, -0.1) is 59.7 Å². The molecule has 0 spiro atoms. The van der Waals surface area contributed by atoms with Gasteiger partial charge in [0.15, 0.2) is 0 Å². The zero-order chi connectivity index (χ0) is 17.2. The molecule has 0 unspecified atom stereocenters. The van der Waals surface area contributed by atoms with Crippen molar-refractivity contribution >= 4 is 21.4 Å². The van der Waals surface area contributed by atoms with Crippen molar-refractivity contribution in [3.05, 3.63) is 97.1 Å². The molecule has 0 radical (unpaired) electrons. The minimum absolute atomic E-state index is 1.19. The Hall–Kier alpha value is -1.28. The molecule has 0 atom stereocenters. The zero-order valence-electron chi connectivity index (χ0n) is 13.0. The fourth-order valence-electron chi connectivity index (χ4n) is 2.12. The van der Waals surface area contributed by atoms with E-state index >= 15 is 0 Å². The van der Waals surface area contributed by atoms with Crippen molar-refractivity contribution in [1.82, 2.24) is 0 Å². The Balaban J connectivity index is 0.000000143. The van der Waals surface area contributed by atoms with Crippen LogP contribution >= 0.6 is 17.2 Å². The van der Waals surface area contributed by atoms with Crippen LogP contribution in [0.5, 0.6) is 0 Å². The van der Waals surface area contributed by atoms with Crippen LogP contribution in [-0.2, 0) is 18.6 Å². The number of rotatable bonds is 0. The van der Waals surface area contributed by atoms with E-state index in [1.54, 1.807) is 0 Å². The van der Waals surface area contributed by atoms with Crippen LogP contribution in [0.4, 0.5) is 0 Å². The van der Waals surface area contributed by atoms with Gasteiger partial charge in [-0.2, -0.15) is 35.4 Å². The average molecular weight is 518 g/mol. The fourth-order valence-corrected chi connectivity index (χ4v) is 2.12. The minimum Gasteiger partial charge on any atom is -0.168 e. The van der Waals surface area contributed by atoms with Gasteiger partial charge in [0.25, 0.3) is 0 Å². The first-order valence-corrected chi connectivity index (χ1v) is 18.8. The van der Waals surface area contributed by atoms with E-state index in [0.717, 1.165) is 0 Å². The van der Waals surface area contributed by atoms with Gasteiger partial charge in [-0.3, -0.25) is 0 Å². The normalized spacial score (nSPS) is 9.42. The van der Waals surface area contributed by atoms with Gasteiger partial charge in [0, 0.05) is 0 Å². The molecule has 0 nitrogen and oxygen atoms in total. The van der Waals surface area contributed by atoms with Gasteiger partial charge in [-0.25, -0.2) is 0 Å². The van der Waals surface area contributed by atoms with E-state index in [4.69, 9.17) is 17.2 Å². The molecule has 0 aliphatic heterocycles. The number of hydrogen-bond acceptors (Lipinski definition) is 0. The Labute approximate surface area is 158 Å². The molecule has 0 heterocycles. The Bertz CT molecular complexity index is 704. The van der Waals surface area contributed by atoms with E-state index in [1.807, 2.05) is 48.5 Å². The maximum Gasteiger partial charge on any atom is -0.0723 e. The van der Waals surface area contributed by atoms with Crippen LogP contribution in [0, 0.1) is 12.1 Å². The molecule has 0 aromatic rings. The largest absolute Gasteiger partial charge is 0.168 e. The standard InChI is InChI=1S/2C10H7.CH2.2ClH.Hf/c2*1-2-5-9-7-4-8-10(9)6-3-1;;;;/h2*1-7H;1H2;2*1H;/q2*-1;;;;+2/p-2. The van der Waals surface area contributed by atoms with Crippen LogP contribution in [0.2, 0.25) is 0 Å². The Morgan fingerprint density at radius 2 is 1.00 bits per heavy atom. The summed E-state index contributed by atoms with van der Waals surface area (Å²) in [6, 6.07) is 34.8. The summed E-state index contributed by atoms with van der Waals surface area (Å²) in [6.07, 6.45) is 0. The molecule has 4 aliphatic rings. The van der Waals surface area contributed by atoms with E-state index < -0.39 is 18.6 Å². The molecule has 0 bridgehead atoms. The van der Waals surface area contributed by atoms with E-state index in [-0.39, 0.29) is 0 Å². The van der Waals surface area contributed by atoms with Gasteiger partial charge in [0.05, 0.1) is 0 Å². The summed E-state index contributed by atoms with van der Waals surface area (Å²) in [5, 5.41) is 0. The molecular weight excluding hydrogens is 502 g/mol. The summed E-state index contributed by atoms with van der Waals surface area (Å²) in [5.41, 5.74) is 4.88. The smallest absolute Gasteiger partial charge is 0.0723 e. The molecular formula is C21H16Cl2Hf-2. The number of halogens is 2. The van der Waals surface area contributed by atoms with E-state index in [9.17, 15) is 0 Å². The van der Waals surface area contributed by atoms with Gasteiger partial charge in [0.1, 0.15) is 0 Å². The first-order valence-electron chi connectivity index (χ1n) is 7.37. The summed E-state index contributed by atoms with van der Waals surface area (Å²) in [6.45, 7) is 0. The molecule has 4 rings (SSSR count). The monoisotopic (exact) mass is 518 g/mol. The van der Waals surface area contributed by atoms with Crippen molar-refractivity contribution in [2.24, 2.45) is 0 Å². The number of hydrogen-bond donors (Lipinski definition) is 0. The third-order valence-corrected chi connectivity index (χ3v) is 3.15. The fraction of sp³-hybridized carbons (Fsp3) is 0. The SMILES string of the molecule is [CH2]=[Hf]([Cl])[Cl].[c-]1ccc2cccccc1-2.[c-]1ccc2cccccc1-2. The van der Waals surface area contributed by atoms with Gasteiger partial charge in [-0.1, -0.05) is 24.3 Å². The van der Waals surface area contributed by atoms with Crippen molar-refractivity contribution in [1.29, 1.82) is 0 Å². The summed E-state index contributed by atoms with van der Waals surface area (Å²) in [7, 11) is 10.3. The molecule has 0 N–H and O–H groups in total. The molecule has 0 saturated heterocycles. The Kier molecular flexibility index (Phi) is 8.38. The van der Waals surface area contributed by atoms with Crippen LogP contribution in [0.1, 0.15) is 0 Å². The van der Waals surface area contributed by atoms with Crippen molar-refractivity contribution in [2.45, 2.75) is 0 Å². The van der Waals surface area contributed by atoms with E-state index in [2.05, 4.69) is 52.8 Å². The second-order valence-corrected chi connectivity index (χ2v) is 16.3. The maximum atomic E-state index is 5.14. The van der Waals surface area contributed by atoms with E-state index in [0.29, 0.717) is 0 Å². The van der Waals surface area contributed by atoms with Crippen molar-refractivity contribution in [3.8, 4) is 22.3 Å². The van der Waals surface area contributed by atoms with Crippen LogP contribution in [0.3, 0.4) is 0 Å². The molecule has 4 aliphatic carbocycles. The predicted octanol–water partition coefficient (Wildman–Crippen LogP) is 6.53. The third-order valence-electron chi connectivity index (χ3n) is 3.15. The summed E-state index contributed by atoms with van der Waals surface area (Å²) in [4.78, 5) is 0. The molecule has 3 heteroatoms. The molecule has 0 saturated carbocycles. The first-order chi connectivity index (χ1) is 11.7. The molecule has 0 aromatic carbocycles. The van der Waals surface area contributed by atoms with Crippen LogP contribution in [-0.4, -0.2) is 4.26 Å². The van der Waals surface area contributed by atoms with Gasteiger partial charge in [0.2, 0.25) is 0 Å². The van der Waals surface area contributed by atoms with Gasteiger partial charge in [-0.05, 0) is 0 Å². The Morgan fingerprint density at radius 3 is 1.42 bits per heavy atom. The summed E-state index contributed by atoms with van der Waals surface area (Å²) >= 11 is -1.96. The Morgan fingerprint density at radius 1 is 0.625 bits per heavy atom. The van der Waals surface area contributed by atoms with Crippen molar-refractivity contribution in [3.63, 3.8) is 0 Å². The quantitative estimate of drug-likeness (QED) is 0.184. The van der Waals surface area contributed by atoms with Gasteiger partial charge >= 0.3 is 40.0 Å². The average Bonchev–Trinajstić information content (AvgIpc) is 3.05. The molecule has 0 aromatic heterocycles. The second-order valence-electron chi connectivity index (χ2n) is 4.85. The summed E-state index contributed by atoms with van der Waals surface area (Å²) in [5.74, 6) is 0. The second kappa shape index (κ2) is 10.6.